The second-order valence-corrected chi connectivity index (χ2v) is 11.0. The van der Waals surface area contributed by atoms with E-state index in [1.165, 1.54) is 11.3 Å². The molecule has 1 aromatic heterocycles. The molecule has 2 heterocycles. The van der Waals surface area contributed by atoms with E-state index in [1.54, 1.807) is 36.3 Å². The predicted octanol–water partition coefficient (Wildman–Crippen LogP) is 3.85. The van der Waals surface area contributed by atoms with Crippen LogP contribution in [0.25, 0.3) is 10.2 Å². The summed E-state index contributed by atoms with van der Waals surface area (Å²) < 4.78 is 37.3. The lowest BCUT2D eigenvalue weighted by Crippen LogP contribution is -2.42. The number of fused-ring (bicyclic) bond motifs is 1. The first-order valence-electron chi connectivity index (χ1n) is 10.5. The lowest BCUT2D eigenvalue weighted by Gasteiger charge is -2.31. The Bertz CT molecular complexity index is 1200. The number of piperidine rings is 1. The van der Waals surface area contributed by atoms with Gasteiger partial charge in [-0.25, -0.2) is 13.4 Å². The average molecular weight is 475 g/mol. The van der Waals surface area contributed by atoms with Crippen LogP contribution in [0, 0.1) is 6.92 Å². The second kappa shape index (κ2) is 9.46. The molecule has 1 aliphatic rings. The van der Waals surface area contributed by atoms with Gasteiger partial charge < -0.3 is 14.4 Å². The standard InChI is InChI=1S/C23H26N2O5S2/c1-16-3-6-19(7-4-16)32(27,28)14-11-22(26)25-12-9-17(10-13-25)30-23-24-20-15-18(29-2)5-8-21(20)31-23/h3-8,15,17H,9-14H2,1-2H3. The van der Waals surface area contributed by atoms with Crippen LogP contribution in [-0.2, 0) is 14.6 Å². The molecule has 2 aromatic carbocycles. The molecule has 32 heavy (non-hydrogen) atoms. The summed E-state index contributed by atoms with van der Waals surface area (Å²) in [5, 5.41) is 0.613. The molecule has 0 bridgehead atoms. The normalized spacial score (nSPS) is 15.1. The van der Waals surface area contributed by atoms with E-state index in [0.717, 1.165) is 21.5 Å². The Morgan fingerprint density at radius 1 is 1.16 bits per heavy atom. The fourth-order valence-electron chi connectivity index (χ4n) is 3.67. The third-order valence-electron chi connectivity index (χ3n) is 5.60. The molecule has 0 spiro atoms. The van der Waals surface area contributed by atoms with Crippen molar-refractivity contribution in [2.45, 2.75) is 37.2 Å². The smallest absolute Gasteiger partial charge is 0.274 e. The number of ether oxygens (including phenoxy) is 2. The van der Waals surface area contributed by atoms with E-state index in [2.05, 4.69) is 4.98 Å². The first kappa shape index (κ1) is 22.5. The summed E-state index contributed by atoms with van der Waals surface area (Å²) >= 11 is 1.49. The van der Waals surface area contributed by atoms with Gasteiger partial charge in [-0.15, -0.1) is 0 Å². The fraction of sp³-hybridized carbons (Fsp3) is 0.391. The number of hydrogen-bond donors (Lipinski definition) is 0. The molecule has 170 valence electrons. The third kappa shape index (κ3) is 5.21. The number of likely N-dealkylation sites (tertiary alicyclic amines) is 1. The molecule has 7 nitrogen and oxygen atoms in total. The van der Waals surface area contributed by atoms with Crippen molar-refractivity contribution >= 4 is 37.3 Å². The summed E-state index contributed by atoms with van der Waals surface area (Å²) in [6.07, 6.45) is 1.35. The number of benzene rings is 2. The van der Waals surface area contributed by atoms with Crippen LogP contribution in [0.5, 0.6) is 10.9 Å². The van der Waals surface area contributed by atoms with Crippen molar-refractivity contribution in [3.05, 3.63) is 48.0 Å². The number of carbonyl (C=O) groups is 1. The van der Waals surface area contributed by atoms with Crippen molar-refractivity contribution in [1.82, 2.24) is 9.88 Å². The molecule has 3 aromatic rings. The lowest BCUT2D eigenvalue weighted by atomic mass is 10.1. The number of aryl methyl sites for hydroxylation is 1. The summed E-state index contributed by atoms with van der Waals surface area (Å²) in [6.45, 7) is 3.00. The summed E-state index contributed by atoms with van der Waals surface area (Å²) in [4.78, 5) is 19.1. The molecule has 0 saturated carbocycles. The van der Waals surface area contributed by atoms with Crippen molar-refractivity contribution < 1.29 is 22.7 Å². The van der Waals surface area contributed by atoms with Crippen molar-refractivity contribution in [2.24, 2.45) is 0 Å². The topological polar surface area (TPSA) is 85.8 Å². The molecule has 0 atom stereocenters. The van der Waals surface area contributed by atoms with Crippen molar-refractivity contribution in [1.29, 1.82) is 0 Å². The summed E-state index contributed by atoms with van der Waals surface area (Å²) in [5.74, 6) is 0.442. The van der Waals surface area contributed by atoms with Gasteiger partial charge in [-0.2, -0.15) is 0 Å². The Morgan fingerprint density at radius 2 is 1.88 bits per heavy atom. The lowest BCUT2D eigenvalue weighted by molar-refractivity contribution is -0.132. The van der Waals surface area contributed by atoms with Crippen LogP contribution in [-0.4, -0.2) is 56.3 Å². The van der Waals surface area contributed by atoms with E-state index in [-0.39, 0.29) is 29.1 Å². The van der Waals surface area contributed by atoms with Gasteiger partial charge in [-0.1, -0.05) is 29.0 Å². The Morgan fingerprint density at radius 3 is 2.56 bits per heavy atom. The van der Waals surface area contributed by atoms with Crippen LogP contribution in [0.3, 0.4) is 0 Å². The van der Waals surface area contributed by atoms with Crippen LogP contribution in [0.15, 0.2) is 47.4 Å². The van der Waals surface area contributed by atoms with Crippen LogP contribution in [0.2, 0.25) is 0 Å². The highest BCUT2D eigenvalue weighted by Crippen LogP contribution is 2.32. The maximum absolute atomic E-state index is 12.6. The molecule has 0 aliphatic carbocycles. The minimum absolute atomic E-state index is 0.0125. The number of amides is 1. The Hall–Kier alpha value is -2.65. The van der Waals surface area contributed by atoms with E-state index in [1.807, 2.05) is 25.1 Å². The SMILES string of the molecule is COc1ccc2sc(OC3CCN(C(=O)CCS(=O)(=O)c4ccc(C)cc4)CC3)nc2c1. The first-order valence-corrected chi connectivity index (χ1v) is 13.0. The zero-order valence-electron chi connectivity index (χ0n) is 18.1. The highest BCUT2D eigenvalue weighted by Gasteiger charge is 2.26. The monoisotopic (exact) mass is 474 g/mol. The van der Waals surface area contributed by atoms with Gasteiger partial charge >= 0.3 is 0 Å². The van der Waals surface area contributed by atoms with Crippen molar-refractivity contribution in [3.63, 3.8) is 0 Å². The summed E-state index contributed by atoms with van der Waals surface area (Å²) in [5.41, 5.74) is 1.84. The fourth-order valence-corrected chi connectivity index (χ4v) is 5.76. The Labute approximate surface area is 191 Å². The largest absolute Gasteiger partial charge is 0.497 e. The molecule has 1 amide bonds. The third-order valence-corrected chi connectivity index (χ3v) is 8.26. The highest BCUT2D eigenvalue weighted by molar-refractivity contribution is 7.91. The minimum Gasteiger partial charge on any atom is -0.497 e. The number of hydrogen-bond acceptors (Lipinski definition) is 7. The number of nitrogens with zero attached hydrogens (tertiary/aromatic N) is 2. The Balaban J connectivity index is 1.27. The quantitative estimate of drug-likeness (QED) is 0.517. The number of methoxy groups -OCH3 is 1. The van der Waals surface area contributed by atoms with Crippen molar-refractivity contribution in [2.75, 3.05) is 26.0 Å². The van der Waals surface area contributed by atoms with E-state index in [9.17, 15) is 13.2 Å². The van der Waals surface area contributed by atoms with Crippen LogP contribution in [0.4, 0.5) is 0 Å². The summed E-state index contributed by atoms with van der Waals surface area (Å²) in [6, 6.07) is 12.5. The van der Waals surface area contributed by atoms with E-state index >= 15 is 0 Å². The molecule has 9 heteroatoms. The first-order chi connectivity index (χ1) is 15.3. The van der Waals surface area contributed by atoms with E-state index < -0.39 is 9.84 Å². The molecular weight excluding hydrogens is 448 g/mol. The van der Waals surface area contributed by atoms with Gasteiger partial charge in [0.15, 0.2) is 9.84 Å². The van der Waals surface area contributed by atoms with Crippen molar-refractivity contribution in [3.8, 4) is 10.9 Å². The average Bonchev–Trinajstić information content (AvgIpc) is 3.19. The number of rotatable bonds is 7. The molecule has 0 N–H and O–H groups in total. The molecule has 0 radical (unpaired) electrons. The van der Waals surface area contributed by atoms with Crippen LogP contribution in [0.1, 0.15) is 24.8 Å². The maximum atomic E-state index is 12.6. The number of sulfone groups is 1. The zero-order valence-corrected chi connectivity index (χ0v) is 19.7. The zero-order chi connectivity index (χ0) is 22.7. The predicted molar refractivity (Wildman–Crippen MR) is 124 cm³/mol. The number of thiazole rings is 1. The minimum atomic E-state index is -3.47. The number of aromatic nitrogens is 1. The molecule has 1 saturated heterocycles. The van der Waals surface area contributed by atoms with E-state index in [4.69, 9.17) is 9.47 Å². The van der Waals surface area contributed by atoms with Gasteiger partial charge in [0.2, 0.25) is 5.91 Å². The molecule has 0 unspecified atom stereocenters. The summed E-state index contributed by atoms with van der Waals surface area (Å²) in [7, 11) is -1.85. The van der Waals surface area contributed by atoms with Gasteiger partial charge in [-0.3, -0.25) is 4.79 Å². The Kier molecular flexibility index (Phi) is 6.66. The van der Waals surface area contributed by atoms with Gasteiger partial charge in [0, 0.05) is 38.4 Å². The van der Waals surface area contributed by atoms with Crippen LogP contribution >= 0.6 is 11.3 Å². The molecule has 1 fully saturated rings. The van der Waals surface area contributed by atoms with Gasteiger partial charge in [0.05, 0.1) is 28.0 Å². The second-order valence-electron chi connectivity index (χ2n) is 7.89. The van der Waals surface area contributed by atoms with Crippen LogP contribution < -0.4 is 9.47 Å². The molecule has 1 aliphatic heterocycles. The number of carbonyl (C=O) groups excluding carboxylic acids is 1. The maximum Gasteiger partial charge on any atom is 0.274 e. The van der Waals surface area contributed by atoms with Gasteiger partial charge in [0.1, 0.15) is 11.9 Å². The highest BCUT2D eigenvalue weighted by atomic mass is 32.2. The van der Waals surface area contributed by atoms with Gasteiger partial charge in [-0.05, 0) is 31.2 Å². The van der Waals surface area contributed by atoms with E-state index in [0.29, 0.717) is 31.1 Å². The van der Waals surface area contributed by atoms with Gasteiger partial charge in [0.25, 0.3) is 5.19 Å². The molecular formula is C23H26N2O5S2. The molecule has 4 rings (SSSR count).